The predicted octanol–water partition coefficient (Wildman–Crippen LogP) is 5.68. The van der Waals surface area contributed by atoms with Gasteiger partial charge in [-0.1, -0.05) is 67.9 Å². The first-order chi connectivity index (χ1) is 10.8. The van der Waals surface area contributed by atoms with Gasteiger partial charge >= 0.3 is 0 Å². The molecule has 2 aromatic carbocycles. The van der Waals surface area contributed by atoms with Gasteiger partial charge in [-0.05, 0) is 41.7 Å². The van der Waals surface area contributed by atoms with Crippen LogP contribution >= 0.6 is 0 Å². The van der Waals surface area contributed by atoms with E-state index < -0.39 is 0 Å². The molecular formula is C21H21N. The van der Waals surface area contributed by atoms with Crippen molar-refractivity contribution in [2.24, 2.45) is 0 Å². The number of pyridine rings is 1. The molecule has 0 aliphatic carbocycles. The Kier molecular flexibility index (Phi) is 4.34. The number of hydrogen-bond donors (Lipinski definition) is 0. The fourth-order valence-corrected chi connectivity index (χ4v) is 2.62. The summed E-state index contributed by atoms with van der Waals surface area (Å²) in [5.41, 5.74) is 7.29. The van der Waals surface area contributed by atoms with E-state index >= 15 is 0 Å². The summed E-state index contributed by atoms with van der Waals surface area (Å²) in [4.78, 5) is 4.48. The summed E-state index contributed by atoms with van der Waals surface area (Å²) in [5.74, 6) is 0. The maximum atomic E-state index is 4.48. The van der Waals surface area contributed by atoms with E-state index in [1.807, 2.05) is 6.20 Å². The van der Waals surface area contributed by atoms with Gasteiger partial charge in [0.25, 0.3) is 0 Å². The SMILES string of the molecule is CCCc1ccc(-c2ccc(-c3ccc(C)cn3)cc2)cc1. The topological polar surface area (TPSA) is 12.9 Å². The van der Waals surface area contributed by atoms with E-state index in [4.69, 9.17) is 0 Å². The van der Waals surface area contributed by atoms with E-state index in [1.54, 1.807) is 0 Å². The minimum absolute atomic E-state index is 1.02. The Morgan fingerprint density at radius 2 is 1.32 bits per heavy atom. The second kappa shape index (κ2) is 6.57. The van der Waals surface area contributed by atoms with E-state index in [1.165, 1.54) is 28.7 Å². The highest BCUT2D eigenvalue weighted by Crippen LogP contribution is 2.24. The molecule has 0 N–H and O–H groups in total. The number of aromatic nitrogens is 1. The molecule has 0 spiro atoms. The maximum Gasteiger partial charge on any atom is 0.0702 e. The third kappa shape index (κ3) is 3.25. The lowest BCUT2D eigenvalue weighted by molar-refractivity contribution is 0.922. The second-order valence-corrected chi connectivity index (χ2v) is 5.75. The molecule has 110 valence electrons. The van der Waals surface area contributed by atoms with Crippen LogP contribution in [0, 0.1) is 6.92 Å². The Morgan fingerprint density at radius 1 is 0.727 bits per heavy atom. The molecule has 3 aromatic rings. The molecule has 0 saturated heterocycles. The van der Waals surface area contributed by atoms with E-state index in [-0.39, 0.29) is 0 Å². The number of benzene rings is 2. The average Bonchev–Trinajstić information content (AvgIpc) is 2.57. The highest BCUT2D eigenvalue weighted by Gasteiger charge is 2.01. The highest BCUT2D eigenvalue weighted by atomic mass is 14.7. The fourth-order valence-electron chi connectivity index (χ4n) is 2.62. The molecule has 0 atom stereocenters. The fraction of sp³-hybridized carbons (Fsp3) is 0.190. The smallest absolute Gasteiger partial charge is 0.0702 e. The monoisotopic (exact) mass is 287 g/mol. The quantitative estimate of drug-likeness (QED) is 0.602. The zero-order valence-electron chi connectivity index (χ0n) is 13.2. The Labute approximate surface area is 132 Å². The molecule has 0 amide bonds. The normalized spacial score (nSPS) is 10.6. The lowest BCUT2D eigenvalue weighted by Crippen LogP contribution is -1.86. The summed E-state index contributed by atoms with van der Waals surface area (Å²) in [7, 11) is 0. The first-order valence-corrected chi connectivity index (χ1v) is 7.88. The molecule has 0 bridgehead atoms. The summed E-state index contributed by atoms with van der Waals surface area (Å²) in [6, 6.07) is 21.7. The van der Waals surface area contributed by atoms with E-state index in [2.05, 4.69) is 79.5 Å². The van der Waals surface area contributed by atoms with Crippen LogP contribution in [-0.4, -0.2) is 4.98 Å². The van der Waals surface area contributed by atoms with Crippen molar-refractivity contribution in [2.45, 2.75) is 26.7 Å². The van der Waals surface area contributed by atoms with Crippen molar-refractivity contribution in [2.75, 3.05) is 0 Å². The third-order valence-corrected chi connectivity index (χ3v) is 3.92. The summed E-state index contributed by atoms with van der Waals surface area (Å²) >= 11 is 0. The average molecular weight is 287 g/mol. The summed E-state index contributed by atoms with van der Waals surface area (Å²) in [5, 5.41) is 0. The molecule has 0 aliphatic heterocycles. The molecule has 1 nitrogen and oxygen atoms in total. The van der Waals surface area contributed by atoms with Gasteiger partial charge in [0.05, 0.1) is 5.69 Å². The molecule has 1 heteroatoms. The summed E-state index contributed by atoms with van der Waals surface area (Å²) in [6.07, 6.45) is 4.26. The number of hydrogen-bond acceptors (Lipinski definition) is 1. The molecule has 1 aromatic heterocycles. The maximum absolute atomic E-state index is 4.48. The van der Waals surface area contributed by atoms with Crippen LogP contribution in [0.25, 0.3) is 22.4 Å². The van der Waals surface area contributed by atoms with Gasteiger partial charge in [0.15, 0.2) is 0 Å². The van der Waals surface area contributed by atoms with Gasteiger partial charge in [-0.25, -0.2) is 0 Å². The molecule has 0 radical (unpaired) electrons. The third-order valence-electron chi connectivity index (χ3n) is 3.92. The molecule has 0 unspecified atom stereocenters. The predicted molar refractivity (Wildman–Crippen MR) is 93.8 cm³/mol. The van der Waals surface area contributed by atoms with Crippen LogP contribution in [-0.2, 0) is 6.42 Å². The standard InChI is InChI=1S/C21H21N/c1-3-4-17-6-8-18(9-7-17)19-10-12-20(13-11-19)21-14-5-16(2)15-22-21/h5-15H,3-4H2,1-2H3. The van der Waals surface area contributed by atoms with Crippen LogP contribution in [0.2, 0.25) is 0 Å². The molecule has 0 saturated carbocycles. The van der Waals surface area contributed by atoms with Crippen LogP contribution in [0.1, 0.15) is 24.5 Å². The van der Waals surface area contributed by atoms with Crippen molar-refractivity contribution in [1.29, 1.82) is 0 Å². The van der Waals surface area contributed by atoms with Gasteiger partial charge in [0, 0.05) is 11.8 Å². The minimum atomic E-state index is 1.02. The first kappa shape index (κ1) is 14.5. The molecule has 0 fully saturated rings. The zero-order valence-corrected chi connectivity index (χ0v) is 13.2. The molecule has 3 rings (SSSR count). The van der Waals surface area contributed by atoms with Crippen LogP contribution in [0.15, 0.2) is 66.9 Å². The van der Waals surface area contributed by atoms with Gasteiger partial charge in [0.1, 0.15) is 0 Å². The van der Waals surface area contributed by atoms with Crippen molar-refractivity contribution < 1.29 is 0 Å². The largest absolute Gasteiger partial charge is 0.256 e. The van der Waals surface area contributed by atoms with Gasteiger partial charge in [0.2, 0.25) is 0 Å². The van der Waals surface area contributed by atoms with Crippen molar-refractivity contribution in [3.05, 3.63) is 78.0 Å². The Hall–Kier alpha value is -2.41. The Morgan fingerprint density at radius 3 is 1.86 bits per heavy atom. The van der Waals surface area contributed by atoms with Crippen LogP contribution < -0.4 is 0 Å². The van der Waals surface area contributed by atoms with Crippen molar-refractivity contribution in [3.63, 3.8) is 0 Å². The van der Waals surface area contributed by atoms with Gasteiger partial charge < -0.3 is 0 Å². The minimum Gasteiger partial charge on any atom is -0.256 e. The molecule has 22 heavy (non-hydrogen) atoms. The summed E-state index contributed by atoms with van der Waals surface area (Å²) in [6.45, 7) is 4.27. The molecular weight excluding hydrogens is 266 g/mol. The van der Waals surface area contributed by atoms with Crippen LogP contribution in [0.5, 0.6) is 0 Å². The second-order valence-electron chi connectivity index (χ2n) is 5.75. The number of aryl methyl sites for hydroxylation is 2. The lowest BCUT2D eigenvalue weighted by atomic mass is 10.0. The Balaban J connectivity index is 1.83. The van der Waals surface area contributed by atoms with Crippen molar-refractivity contribution >= 4 is 0 Å². The van der Waals surface area contributed by atoms with E-state index in [0.29, 0.717) is 0 Å². The van der Waals surface area contributed by atoms with Crippen molar-refractivity contribution in [1.82, 2.24) is 4.98 Å². The van der Waals surface area contributed by atoms with Crippen LogP contribution in [0.4, 0.5) is 0 Å². The number of nitrogens with zero attached hydrogens (tertiary/aromatic N) is 1. The zero-order chi connectivity index (χ0) is 15.4. The van der Waals surface area contributed by atoms with E-state index in [9.17, 15) is 0 Å². The van der Waals surface area contributed by atoms with Gasteiger partial charge in [-0.3, -0.25) is 4.98 Å². The van der Waals surface area contributed by atoms with Crippen molar-refractivity contribution in [3.8, 4) is 22.4 Å². The molecule has 1 heterocycles. The Bertz CT molecular complexity index is 722. The van der Waals surface area contributed by atoms with Crippen LogP contribution in [0.3, 0.4) is 0 Å². The van der Waals surface area contributed by atoms with E-state index in [0.717, 1.165) is 17.7 Å². The first-order valence-electron chi connectivity index (χ1n) is 7.88. The van der Waals surface area contributed by atoms with Gasteiger partial charge in [-0.15, -0.1) is 0 Å². The lowest BCUT2D eigenvalue weighted by Gasteiger charge is -2.06. The molecule has 0 aliphatic rings. The highest BCUT2D eigenvalue weighted by molar-refractivity contribution is 5.68. The summed E-state index contributed by atoms with van der Waals surface area (Å²) < 4.78 is 0. The van der Waals surface area contributed by atoms with Gasteiger partial charge in [-0.2, -0.15) is 0 Å². The number of rotatable bonds is 4.